The van der Waals surface area contributed by atoms with Crippen LogP contribution in [0.15, 0.2) is 0 Å². The summed E-state index contributed by atoms with van der Waals surface area (Å²) >= 11 is 0. The van der Waals surface area contributed by atoms with Crippen molar-refractivity contribution in [2.45, 2.75) is 6.92 Å². The maximum atomic E-state index is 11.4. The van der Waals surface area contributed by atoms with Gasteiger partial charge in [-0.2, -0.15) is 0 Å². The molecule has 1 aliphatic rings. The second-order valence-electron chi connectivity index (χ2n) is 3.31. The predicted octanol–water partition coefficient (Wildman–Crippen LogP) is -1.19. The van der Waals surface area contributed by atoms with Gasteiger partial charge in [0.05, 0.1) is 11.5 Å². The van der Waals surface area contributed by atoms with Crippen LogP contribution in [-0.4, -0.2) is 56.4 Å². The summed E-state index contributed by atoms with van der Waals surface area (Å²) in [6, 6.07) is 0. The fraction of sp³-hybridized carbons (Fsp3) is 0.750. The molecule has 0 aromatic carbocycles. The van der Waals surface area contributed by atoms with Gasteiger partial charge < -0.3 is 9.64 Å². The van der Waals surface area contributed by atoms with Gasteiger partial charge in [-0.3, -0.25) is 9.59 Å². The highest BCUT2D eigenvalue weighted by molar-refractivity contribution is 7.91. The lowest BCUT2D eigenvalue weighted by Gasteiger charge is -2.26. The average Bonchev–Trinajstić information content (AvgIpc) is 2.14. The van der Waals surface area contributed by atoms with Crippen molar-refractivity contribution in [2.75, 3.05) is 31.2 Å². The molecule has 0 aromatic heterocycles. The molecule has 1 rings (SSSR count). The number of ether oxygens (including phenoxy) is 1. The van der Waals surface area contributed by atoms with Gasteiger partial charge in [0.1, 0.15) is 0 Å². The first-order chi connectivity index (χ1) is 6.91. The van der Waals surface area contributed by atoms with E-state index in [0.717, 1.165) is 0 Å². The van der Waals surface area contributed by atoms with Gasteiger partial charge in [0.15, 0.2) is 16.4 Å². The van der Waals surface area contributed by atoms with Gasteiger partial charge in [-0.15, -0.1) is 0 Å². The normalized spacial score (nSPS) is 19.7. The van der Waals surface area contributed by atoms with Crippen molar-refractivity contribution in [1.82, 2.24) is 4.90 Å². The number of hydrogen-bond donors (Lipinski definition) is 0. The van der Waals surface area contributed by atoms with Crippen molar-refractivity contribution >= 4 is 21.7 Å². The Morgan fingerprint density at radius 2 is 1.80 bits per heavy atom. The molecule has 0 radical (unpaired) electrons. The van der Waals surface area contributed by atoms with E-state index in [1.165, 1.54) is 11.8 Å². The van der Waals surface area contributed by atoms with Crippen molar-refractivity contribution in [3.8, 4) is 0 Å². The van der Waals surface area contributed by atoms with Crippen LogP contribution in [0.2, 0.25) is 0 Å². The molecule has 0 unspecified atom stereocenters. The summed E-state index contributed by atoms with van der Waals surface area (Å²) in [7, 11) is -2.98. The Balaban J connectivity index is 2.40. The number of carbonyl (C=O) groups excluding carboxylic acids is 2. The summed E-state index contributed by atoms with van der Waals surface area (Å²) in [5.41, 5.74) is 0. The van der Waals surface area contributed by atoms with Crippen LogP contribution in [0, 0.1) is 0 Å². The van der Waals surface area contributed by atoms with Crippen LogP contribution in [-0.2, 0) is 24.2 Å². The van der Waals surface area contributed by atoms with E-state index in [1.54, 1.807) is 0 Å². The van der Waals surface area contributed by atoms with E-state index >= 15 is 0 Å². The van der Waals surface area contributed by atoms with Crippen LogP contribution >= 0.6 is 0 Å². The van der Waals surface area contributed by atoms with Crippen molar-refractivity contribution in [3.05, 3.63) is 0 Å². The summed E-state index contributed by atoms with van der Waals surface area (Å²) in [4.78, 5) is 23.2. The summed E-state index contributed by atoms with van der Waals surface area (Å²) in [5, 5.41) is 0. The molecule has 1 heterocycles. The molecule has 0 aromatic rings. The van der Waals surface area contributed by atoms with E-state index < -0.39 is 15.8 Å². The highest BCUT2D eigenvalue weighted by Crippen LogP contribution is 2.03. The first kappa shape index (κ1) is 12.0. The van der Waals surface area contributed by atoms with E-state index in [0.29, 0.717) is 0 Å². The number of rotatable bonds is 2. The third-order valence-corrected chi connectivity index (χ3v) is 3.71. The van der Waals surface area contributed by atoms with Crippen molar-refractivity contribution < 1.29 is 22.7 Å². The monoisotopic (exact) mass is 235 g/mol. The molecule has 1 fully saturated rings. The summed E-state index contributed by atoms with van der Waals surface area (Å²) in [6.45, 7) is 1.27. The van der Waals surface area contributed by atoms with Crippen LogP contribution in [0.1, 0.15) is 6.92 Å². The Hall–Kier alpha value is -1.11. The number of carbonyl (C=O) groups is 2. The minimum absolute atomic E-state index is 0.0151. The molecule has 6 nitrogen and oxygen atoms in total. The molecular weight excluding hydrogens is 222 g/mol. The topological polar surface area (TPSA) is 80.8 Å². The Bertz CT molecular complexity index is 347. The highest BCUT2D eigenvalue weighted by Gasteiger charge is 2.25. The lowest BCUT2D eigenvalue weighted by atomic mass is 10.4. The molecule has 0 N–H and O–H groups in total. The Labute approximate surface area is 88.1 Å². The van der Waals surface area contributed by atoms with Gasteiger partial charge in [-0.1, -0.05) is 0 Å². The zero-order valence-corrected chi connectivity index (χ0v) is 9.25. The number of nitrogens with zero attached hydrogens (tertiary/aromatic N) is 1. The molecule has 86 valence electrons. The summed E-state index contributed by atoms with van der Waals surface area (Å²) in [6.07, 6.45) is 0. The lowest BCUT2D eigenvalue weighted by molar-refractivity contribution is -0.150. The van der Waals surface area contributed by atoms with Crippen molar-refractivity contribution in [3.63, 3.8) is 0 Å². The molecule has 1 amide bonds. The van der Waals surface area contributed by atoms with Crippen LogP contribution in [0.25, 0.3) is 0 Å². The molecule has 0 aliphatic carbocycles. The van der Waals surface area contributed by atoms with Gasteiger partial charge >= 0.3 is 5.97 Å². The number of amides is 1. The smallest absolute Gasteiger partial charge is 0.303 e. The van der Waals surface area contributed by atoms with E-state index in [4.69, 9.17) is 0 Å². The van der Waals surface area contributed by atoms with E-state index in [-0.39, 0.29) is 37.1 Å². The largest absolute Gasteiger partial charge is 0.456 e. The molecule has 15 heavy (non-hydrogen) atoms. The van der Waals surface area contributed by atoms with Crippen molar-refractivity contribution in [2.24, 2.45) is 0 Å². The van der Waals surface area contributed by atoms with Gasteiger partial charge in [0, 0.05) is 20.0 Å². The molecule has 1 aliphatic heterocycles. The SMILES string of the molecule is CC(=O)OCC(=O)N1CCS(=O)(=O)CC1. The van der Waals surface area contributed by atoms with E-state index in [1.807, 2.05) is 0 Å². The quantitative estimate of drug-likeness (QED) is 0.562. The third-order valence-electron chi connectivity index (χ3n) is 2.10. The Morgan fingerprint density at radius 1 is 1.27 bits per heavy atom. The maximum absolute atomic E-state index is 11.4. The van der Waals surface area contributed by atoms with Crippen molar-refractivity contribution in [1.29, 1.82) is 0 Å². The zero-order chi connectivity index (χ0) is 11.5. The highest BCUT2D eigenvalue weighted by atomic mass is 32.2. The number of esters is 1. The molecular formula is C8H13NO5S. The predicted molar refractivity (Wildman–Crippen MR) is 51.9 cm³/mol. The lowest BCUT2D eigenvalue weighted by Crippen LogP contribution is -2.45. The van der Waals surface area contributed by atoms with E-state index in [9.17, 15) is 18.0 Å². The van der Waals surface area contributed by atoms with Crippen LogP contribution < -0.4 is 0 Å². The first-order valence-corrected chi connectivity index (χ1v) is 6.34. The first-order valence-electron chi connectivity index (χ1n) is 4.52. The second-order valence-corrected chi connectivity index (χ2v) is 5.62. The molecule has 0 bridgehead atoms. The zero-order valence-electron chi connectivity index (χ0n) is 8.43. The van der Waals surface area contributed by atoms with Crippen LogP contribution in [0.5, 0.6) is 0 Å². The van der Waals surface area contributed by atoms with Gasteiger partial charge in [-0.05, 0) is 0 Å². The maximum Gasteiger partial charge on any atom is 0.303 e. The number of sulfone groups is 1. The number of hydrogen-bond acceptors (Lipinski definition) is 5. The minimum Gasteiger partial charge on any atom is -0.456 e. The third kappa shape index (κ3) is 3.86. The minimum atomic E-state index is -2.98. The van der Waals surface area contributed by atoms with Gasteiger partial charge in [0.2, 0.25) is 0 Å². The summed E-state index contributed by atoms with van der Waals surface area (Å²) in [5.74, 6) is -0.898. The molecule has 0 spiro atoms. The fourth-order valence-corrected chi connectivity index (χ4v) is 2.42. The molecule has 7 heteroatoms. The van der Waals surface area contributed by atoms with Crippen LogP contribution in [0.3, 0.4) is 0 Å². The Kier molecular flexibility index (Phi) is 3.67. The van der Waals surface area contributed by atoms with Gasteiger partial charge in [-0.25, -0.2) is 8.42 Å². The summed E-state index contributed by atoms with van der Waals surface area (Å²) < 4.78 is 26.7. The van der Waals surface area contributed by atoms with Crippen LogP contribution in [0.4, 0.5) is 0 Å². The fourth-order valence-electron chi connectivity index (χ4n) is 1.22. The molecule has 0 saturated carbocycles. The van der Waals surface area contributed by atoms with E-state index in [2.05, 4.69) is 4.74 Å². The molecule has 0 atom stereocenters. The Morgan fingerprint density at radius 3 is 2.27 bits per heavy atom. The average molecular weight is 235 g/mol. The second kappa shape index (κ2) is 4.61. The van der Waals surface area contributed by atoms with Gasteiger partial charge in [0.25, 0.3) is 5.91 Å². The molecule has 1 saturated heterocycles. The standard InChI is InChI=1S/C8H13NO5S/c1-7(10)14-6-8(11)9-2-4-15(12,13)5-3-9/h2-6H2,1H3.